The second-order valence-electron chi connectivity index (χ2n) is 5.44. The summed E-state index contributed by atoms with van der Waals surface area (Å²) in [6.07, 6.45) is 1.76. The zero-order chi connectivity index (χ0) is 18.8. The van der Waals surface area contributed by atoms with Crippen molar-refractivity contribution in [1.82, 2.24) is 15.6 Å². The highest BCUT2D eigenvalue weighted by molar-refractivity contribution is 14.0. The standard InChI is InChI=1S/C19H26N4O3.HI/c1-5-20-19(22-12-14-6-9-18(26-4)21-11-14)23-13-15-7-8-16(24-2)10-17(15)25-3;/h6-11H,5,12-13H2,1-4H3,(H2,20,22,23);1H. The lowest BCUT2D eigenvalue weighted by molar-refractivity contribution is 0.390. The highest BCUT2D eigenvalue weighted by atomic mass is 127. The molecule has 1 aromatic heterocycles. The van der Waals surface area contributed by atoms with E-state index in [-0.39, 0.29) is 24.0 Å². The van der Waals surface area contributed by atoms with E-state index >= 15 is 0 Å². The Morgan fingerprint density at radius 2 is 1.85 bits per heavy atom. The number of pyridine rings is 1. The molecule has 0 atom stereocenters. The molecule has 0 fully saturated rings. The van der Waals surface area contributed by atoms with Crippen molar-refractivity contribution in [3.05, 3.63) is 47.7 Å². The summed E-state index contributed by atoms with van der Waals surface area (Å²) in [7, 11) is 4.88. The Balaban J connectivity index is 0.00000364. The normalized spacial score (nSPS) is 10.6. The van der Waals surface area contributed by atoms with Crippen molar-refractivity contribution in [2.24, 2.45) is 4.99 Å². The number of hydrogen-bond acceptors (Lipinski definition) is 5. The lowest BCUT2D eigenvalue weighted by Crippen LogP contribution is -2.36. The average molecular weight is 486 g/mol. The summed E-state index contributed by atoms with van der Waals surface area (Å²) in [4.78, 5) is 8.78. The minimum absolute atomic E-state index is 0. The molecule has 8 heteroatoms. The van der Waals surface area contributed by atoms with Crippen LogP contribution < -0.4 is 24.8 Å². The third-order valence-electron chi connectivity index (χ3n) is 3.71. The molecule has 148 valence electrons. The zero-order valence-corrected chi connectivity index (χ0v) is 18.4. The number of hydrogen-bond donors (Lipinski definition) is 2. The van der Waals surface area contributed by atoms with Crippen molar-refractivity contribution in [1.29, 1.82) is 0 Å². The molecule has 0 aliphatic carbocycles. The summed E-state index contributed by atoms with van der Waals surface area (Å²) >= 11 is 0. The number of ether oxygens (including phenoxy) is 3. The van der Waals surface area contributed by atoms with Crippen molar-refractivity contribution < 1.29 is 14.2 Å². The number of benzene rings is 1. The molecule has 1 heterocycles. The third-order valence-corrected chi connectivity index (χ3v) is 3.71. The summed E-state index contributed by atoms with van der Waals surface area (Å²) in [6.45, 7) is 3.90. The molecular formula is C19H27IN4O3. The average Bonchev–Trinajstić information content (AvgIpc) is 2.70. The van der Waals surface area contributed by atoms with Gasteiger partial charge >= 0.3 is 0 Å². The first-order valence-electron chi connectivity index (χ1n) is 8.42. The molecule has 0 radical (unpaired) electrons. The van der Waals surface area contributed by atoms with Gasteiger partial charge in [-0.2, -0.15) is 0 Å². The lowest BCUT2D eigenvalue weighted by Gasteiger charge is -2.14. The summed E-state index contributed by atoms with van der Waals surface area (Å²) in [6, 6.07) is 9.52. The van der Waals surface area contributed by atoms with Crippen LogP contribution in [0.3, 0.4) is 0 Å². The van der Waals surface area contributed by atoms with Gasteiger partial charge in [-0.25, -0.2) is 9.98 Å². The fourth-order valence-corrected chi connectivity index (χ4v) is 2.31. The van der Waals surface area contributed by atoms with Crippen molar-refractivity contribution in [3.8, 4) is 17.4 Å². The number of rotatable bonds is 8. The third kappa shape index (κ3) is 7.12. The van der Waals surface area contributed by atoms with E-state index in [0.717, 1.165) is 35.1 Å². The number of aliphatic imine (C=N–C) groups is 1. The van der Waals surface area contributed by atoms with Crippen LogP contribution in [0.5, 0.6) is 17.4 Å². The van der Waals surface area contributed by atoms with E-state index in [4.69, 9.17) is 14.2 Å². The molecule has 0 aliphatic heterocycles. The van der Waals surface area contributed by atoms with Gasteiger partial charge < -0.3 is 24.8 Å². The zero-order valence-electron chi connectivity index (χ0n) is 16.1. The van der Waals surface area contributed by atoms with E-state index < -0.39 is 0 Å². The maximum atomic E-state index is 5.43. The molecule has 0 aliphatic rings. The second-order valence-corrected chi connectivity index (χ2v) is 5.44. The lowest BCUT2D eigenvalue weighted by atomic mass is 10.2. The second kappa shape index (κ2) is 12.2. The molecular weight excluding hydrogens is 459 g/mol. The number of nitrogens with zero attached hydrogens (tertiary/aromatic N) is 2. The first kappa shape index (κ1) is 22.8. The summed E-state index contributed by atoms with van der Waals surface area (Å²) in [5.41, 5.74) is 2.02. The van der Waals surface area contributed by atoms with Gasteiger partial charge in [0.1, 0.15) is 11.5 Å². The minimum Gasteiger partial charge on any atom is -0.497 e. The maximum Gasteiger partial charge on any atom is 0.212 e. The molecule has 2 N–H and O–H groups in total. The van der Waals surface area contributed by atoms with Crippen LogP contribution in [0, 0.1) is 0 Å². The molecule has 27 heavy (non-hydrogen) atoms. The first-order chi connectivity index (χ1) is 12.7. The fraction of sp³-hybridized carbons (Fsp3) is 0.368. The Morgan fingerprint density at radius 3 is 2.44 bits per heavy atom. The number of aromatic nitrogens is 1. The van der Waals surface area contributed by atoms with Crippen LogP contribution in [0.2, 0.25) is 0 Å². The Hall–Kier alpha value is -2.23. The molecule has 0 saturated carbocycles. The topological polar surface area (TPSA) is 77.0 Å². The van der Waals surface area contributed by atoms with Gasteiger partial charge in [0.15, 0.2) is 5.96 Å². The number of nitrogens with one attached hydrogen (secondary N) is 2. The van der Waals surface area contributed by atoms with Gasteiger partial charge in [0.05, 0.1) is 27.9 Å². The summed E-state index contributed by atoms with van der Waals surface area (Å²) in [5, 5.41) is 6.55. The molecule has 0 saturated heterocycles. The van der Waals surface area contributed by atoms with Crippen molar-refractivity contribution >= 4 is 29.9 Å². The smallest absolute Gasteiger partial charge is 0.212 e. The number of halogens is 1. The SMILES string of the molecule is CCNC(=NCc1ccc(OC)nc1)NCc1ccc(OC)cc1OC.I. The molecule has 0 unspecified atom stereocenters. The number of methoxy groups -OCH3 is 3. The van der Waals surface area contributed by atoms with Crippen molar-refractivity contribution in [2.75, 3.05) is 27.9 Å². The molecule has 1 aromatic carbocycles. The van der Waals surface area contributed by atoms with Crippen LogP contribution in [0.1, 0.15) is 18.1 Å². The van der Waals surface area contributed by atoms with Crippen LogP contribution in [-0.4, -0.2) is 38.8 Å². The van der Waals surface area contributed by atoms with E-state index in [1.165, 1.54) is 0 Å². The summed E-state index contributed by atoms with van der Waals surface area (Å²) < 4.78 is 15.7. The van der Waals surface area contributed by atoms with E-state index in [2.05, 4.69) is 20.6 Å². The van der Waals surface area contributed by atoms with Gasteiger partial charge in [-0.05, 0) is 24.6 Å². The van der Waals surface area contributed by atoms with Crippen LogP contribution in [0.25, 0.3) is 0 Å². The molecule has 2 aromatic rings. The highest BCUT2D eigenvalue weighted by Gasteiger charge is 2.06. The largest absolute Gasteiger partial charge is 0.497 e. The van der Waals surface area contributed by atoms with Crippen LogP contribution in [-0.2, 0) is 13.1 Å². The van der Waals surface area contributed by atoms with Gasteiger partial charge in [-0.3, -0.25) is 0 Å². The quantitative estimate of drug-likeness (QED) is 0.340. The highest BCUT2D eigenvalue weighted by Crippen LogP contribution is 2.24. The number of guanidine groups is 1. The van der Waals surface area contributed by atoms with Gasteiger partial charge in [0.2, 0.25) is 5.88 Å². The van der Waals surface area contributed by atoms with Gasteiger partial charge in [-0.1, -0.05) is 6.07 Å². The van der Waals surface area contributed by atoms with E-state index in [0.29, 0.717) is 19.0 Å². The van der Waals surface area contributed by atoms with Gasteiger partial charge in [-0.15, -0.1) is 24.0 Å². The Kier molecular flexibility index (Phi) is 10.3. The van der Waals surface area contributed by atoms with Crippen molar-refractivity contribution in [3.63, 3.8) is 0 Å². The Morgan fingerprint density at radius 1 is 1.04 bits per heavy atom. The van der Waals surface area contributed by atoms with Crippen molar-refractivity contribution in [2.45, 2.75) is 20.0 Å². The Bertz CT molecular complexity index is 723. The molecule has 0 bridgehead atoms. The van der Waals surface area contributed by atoms with Gasteiger partial charge in [0.25, 0.3) is 0 Å². The van der Waals surface area contributed by atoms with Crippen LogP contribution >= 0.6 is 24.0 Å². The molecule has 2 rings (SSSR count). The predicted octanol–water partition coefficient (Wildman–Crippen LogP) is 2.98. The predicted molar refractivity (Wildman–Crippen MR) is 117 cm³/mol. The van der Waals surface area contributed by atoms with Crippen LogP contribution in [0.4, 0.5) is 0 Å². The first-order valence-corrected chi connectivity index (χ1v) is 8.42. The van der Waals surface area contributed by atoms with Gasteiger partial charge in [0, 0.05) is 37.0 Å². The van der Waals surface area contributed by atoms with E-state index in [9.17, 15) is 0 Å². The molecule has 7 nitrogen and oxygen atoms in total. The summed E-state index contributed by atoms with van der Waals surface area (Å²) in [5.74, 6) is 2.85. The monoisotopic (exact) mass is 486 g/mol. The van der Waals surface area contributed by atoms with E-state index in [1.54, 1.807) is 27.5 Å². The van der Waals surface area contributed by atoms with Crippen LogP contribution in [0.15, 0.2) is 41.5 Å². The van der Waals surface area contributed by atoms with E-state index in [1.807, 2.05) is 37.3 Å². The molecule has 0 spiro atoms. The fourth-order valence-electron chi connectivity index (χ4n) is 2.31. The maximum absolute atomic E-state index is 5.43. The molecule has 0 amide bonds. The Labute approximate surface area is 177 Å². The minimum atomic E-state index is 0.